The highest BCUT2D eigenvalue weighted by Gasteiger charge is 2.27. The van der Waals surface area contributed by atoms with Gasteiger partial charge in [-0.05, 0) is 32.8 Å². The molecule has 6 nitrogen and oxygen atoms in total. The van der Waals surface area contributed by atoms with E-state index in [0.717, 1.165) is 23.4 Å². The van der Waals surface area contributed by atoms with Crippen LogP contribution in [0.3, 0.4) is 0 Å². The van der Waals surface area contributed by atoms with Crippen molar-refractivity contribution in [1.29, 1.82) is 0 Å². The van der Waals surface area contributed by atoms with Crippen LogP contribution >= 0.6 is 0 Å². The summed E-state index contributed by atoms with van der Waals surface area (Å²) in [6.07, 6.45) is 4.66. The van der Waals surface area contributed by atoms with Crippen molar-refractivity contribution in [3.8, 4) is 0 Å². The zero-order chi connectivity index (χ0) is 15.6. The van der Waals surface area contributed by atoms with Gasteiger partial charge in [0.05, 0.1) is 11.6 Å². The maximum absolute atomic E-state index is 12.2. The van der Waals surface area contributed by atoms with Crippen molar-refractivity contribution in [2.75, 3.05) is 13.1 Å². The zero-order valence-corrected chi connectivity index (χ0v) is 12.7. The number of aryl methyl sites for hydroxylation is 2. The van der Waals surface area contributed by atoms with E-state index in [0.29, 0.717) is 19.5 Å². The third kappa shape index (κ3) is 3.32. The molecule has 21 heavy (non-hydrogen) atoms. The highest BCUT2D eigenvalue weighted by atomic mass is 16.4. The molecule has 1 amide bonds. The van der Waals surface area contributed by atoms with Gasteiger partial charge in [-0.3, -0.25) is 14.3 Å². The number of likely N-dealkylation sites (tertiary alicyclic amines) is 1. The van der Waals surface area contributed by atoms with Crippen LogP contribution in [0, 0.1) is 19.8 Å². The molecular formula is C15H21N3O3. The van der Waals surface area contributed by atoms with E-state index in [1.165, 1.54) is 6.08 Å². The Morgan fingerprint density at radius 1 is 1.38 bits per heavy atom. The predicted molar refractivity (Wildman–Crippen MR) is 78.7 cm³/mol. The number of carbonyl (C=O) groups excluding carboxylic acids is 1. The second kappa shape index (κ2) is 6.11. The van der Waals surface area contributed by atoms with E-state index in [-0.39, 0.29) is 5.91 Å². The summed E-state index contributed by atoms with van der Waals surface area (Å²) >= 11 is 0. The molecule has 0 bridgehead atoms. The van der Waals surface area contributed by atoms with Crippen LogP contribution in [-0.2, 0) is 16.6 Å². The molecule has 0 saturated carbocycles. The Morgan fingerprint density at radius 2 is 2.10 bits per heavy atom. The number of carbonyl (C=O) groups is 2. The van der Waals surface area contributed by atoms with E-state index in [2.05, 4.69) is 5.10 Å². The summed E-state index contributed by atoms with van der Waals surface area (Å²) in [4.78, 5) is 24.8. The van der Waals surface area contributed by atoms with Crippen molar-refractivity contribution in [2.45, 2.75) is 26.7 Å². The Balaban J connectivity index is 2.07. The van der Waals surface area contributed by atoms with Crippen LogP contribution in [0.5, 0.6) is 0 Å². The molecule has 1 aromatic heterocycles. The molecule has 2 rings (SSSR count). The normalized spacial score (nSPS) is 19.2. The quantitative estimate of drug-likeness (QED) is 0.854. The monoisotopic (exact) mass is 291 g/mol. The molecule has 1 aromatic rings. The van der Waals surface area contributed by atoms with E-state index in [1.54, 1.807) is 15.7 Å². The first-order valence-corrected chi connectivity index (χ1v) is 7.10. The number of carboxylic acids is 1. The number of aromatic nitrogens is 2. The summed E-state index contributed by atoms with van der Waals surface area (Å²) in [7, 11) is 1.86. The second-order valence-corrected chi connectivity index (χ2v) is 5.50. The minimum Gasteiger partial charge on any atom is -0.481 e. The van der Waals surface area contributed by atoms with Crippen molar-refractivity contribution < 1.29 is 14.7 Å². The van der Waals surface area contributed by atoms with E-state index in [1.807, 2.05) is 20.9 Å². The van der Waals surface area contributed by atoms with Crippen molar-refractivity contribution in [1.82, 2.24) is 14.7 Å². The second-order valence-electron chi connectivity index (χ2n) is 5.50. The lowest BCUT2D eigenvalue weighted by Gasteiger charge is -2.29. The smallest absolute Gasteiger partial charge is 0.308 e. The SMILES string of the molecule is Cc1nn(C)c(C)c1/C=C/C(=O)N1CCCC(C(=O)O)C1. The number of aliphatic carboxylic acids is 1. The number of hydrogen-bond donors (Lipinski definition) is 1. The van der Waals surface area contributed by atoms with E-state index in [4.69, 9.17) is 5.11 Å². The number of nitrogens with zero attached hydrogens (tertiary/aromatic N) is 3. The van der Waals surface area contributed by atoms with E-state index < -0.39 is 11.9 Å². The van der Waals surface area contributed by atoms with Crippen LogP contribution in [0.2, 0.25) is 0 Å². The fraction of sp³-hybridized carbons (Fsp3) is 0.533. The lowest BCUT2D eigenvalue weighted by atomic mass is 9.98. The summed E-state index contributed by atoms with van der Waals surface area (Å²) in [5.74, 6) is -1.41. The van der Waals surface area contributed by atoms with Crippen molar-refractivity contribution in [2.24, 2.45) is 13.0 Å². The summed E-state index contributed by atoms with van der Waals surface area (Å²) in [5.41, 5.74) is 2.82. The summed E-state index contributed by atoms with van der Waals surface area (Å²) in [5, 5.41) is 13.4. The minimum absolute atomic E-state index is 0.136. The van der Waals surface area contributed by atoms with Crippen LogP contribution in [-0.4, -0.2) is 44.8 Å². The number of piperidine rings is 1. The molecule has 1 unspecified atom stereocenters. The third-order valence-corrected chi connectivity index (χ3v) is 4.04. The topological polar surface area (TPSA) is 75.4 Å². The zero-order valence-electron chi connectivity index (χ0n) is 12.7. The van der Waals surface area contributed by atoms with Crippen molar-refractivity contribution in [3.63, 3.8) is 0 Å². The number of rotatable bonds is 3. The van der Waals surface area contributed by atoms with Crippen LogP contribution in [0.25, 0.3) is 6.08 Å². The molecule has 1 saturated heterocycles. The first kappa shape index (κ1) is 15.3. The molecule has 1 fully saturated rings. The summed E-state index contributed by atoms with van der Waals surface area (Å²) in [6, 6.07) is 0. The van der Waals surface area contributed by atoms with Crippen LogP contribution in [0.15, 0.2) is 6.08 Å². The Kier molecular flexibility index (Phi) is 4.45. The largest absolute Gasteiger partial charge is 0.481 e. The number of amides is 1. The van der Waals surface area contributed by atoms with E-state index in [9.17, 15) is 9.59 Å². The lowest BCUT2D eigenvalue weighted by Crippen LogP contribution is -2.41. The standard InChI is InChI=1S/C15H21N3O3/c1-10-13(11(2)17(3)16-10)6-7-14(19)18-8-4-5-12(9-18)15(20)21/h6-7,12H,4-5,8-9H2,1-3H3,(H,20,21)/b7-6+. The molecule has 0 aromatic carbocycles. The fourth-order valence-corrected chi connectivity index (χ4v) is 2.67. The summed E-state index contributed by atoms with van der Waals surface area (Å²) < 4.78 is 1.78. The van der Waals surface area contributed by atoms with Gasteiger partial charge in [0.1, 0.15) is 0 Å². The van der Waals surface area contributed by atoms with Gasteiger partial charge in [0, 0.05) is 37.5 Å². The van der Waals surface area contributed by atoms with Crippen molar-refractivity contribution in [3.05, 3.63) is 23.0 Å². The Morgan fingerprint density at radius 3 is 2.67 bits per heavy atom. The third-order valence-electron chi connectivity index (χ3n) is 4.04. The minimum atomic E-state index is -0.824. The highest BCUT2D eigenvalue weighted by Crippen LogP contribution is 2.18. The first-order valence-electron chi connectivity index (χ1n) is 7.10. The van der Waals surface area contributed by atoms with Gasteiger partial charge in [0.2, 0.25) is 5.91 Å². The van der Waals surface area contributed by atoms with Gasteiger partial charge in [-0.15, -0.1) is 0 Å². The molecule has 1 atom stereocenters. The predicted octanol–water partition coefficient (Wildman–Crippen LogP) is 1.37. The van der Waals surface area contributed by atoms with Gasteiger partial charge in [-0.2, -0.15) is 5.10 Å². The van der Waals surface area contributed by atoms with Gasteiger partial charge < -0.3 is 10.0 Å². The molecule has 0 radical (unpaired) electrons. The van der Waals surface area contributed by atoms with Crippen molar-refractivity contribution >= 4 is 18.0 Å². The molecule has 0 spiro atoms. The molecule has 1 aliphatic rings. The summed E-state index contributed by atoms with van der Waals surface area (Å²) in [6.45, 7) is 4.77. The highest BCUT2D eigenvalue weighted by molar-refractivity contribution is 5.92. The van der Waals surface area contributed by atoms with Gasteiger partial charge in [-0.1, -0.05) is 0 Å². The van der Waals surface area contributed by atoms with Crippen LogP contribution < -0.4 is 0 Å². The van der Waals surface area contributed by atoms with Gasteiger partial charge >= 0.3 is 5.97 Å². The Bertz CT molecular complexity index is 589. The molecule has 6 heteroatoms. The van der Waals surface area contributed by atoms with Gasteiger partial charge in [-0.25, -0.2) is 0 Å². The molecule has 2 heterocycles. The molecule has 1 N–H and O–H groups in total. The number of hydrogen-bond acceptors (Lipinski definition) is 3. The average Bonchev–Trinajstić information content (AvgIpc) is 2.70. The van der Waals surface area contributed by atoms with Crippen LogP contribution in [0.4, 0.5) is 0 Å². The van der Waals surface area contributed by atoms with E-state index >= 15 is 0 Å². The maximum atomic E-state index is 12.2. The maximum Gasteiger partial charge on any atom is 0.308 e. The van der Waals surface area contributed by atoms with Gasteiger partial charge in [0.15, 0.2) is 0 Å². The number of carboxylic acid groups (broad SMARTS) is 1. The first-order chi connectivity index (χ1) is 9.90. The van der Waals surface area contributed by atoms with Gasteiger partial charge in [0.25, 0.3) is 0 Å². The molecule has 0 aliphatic carbocycles. The molecular weight excluding hydrogens is 270 g/mol. The molecule has 1 aliphatic heterocycles. The fourth-order valence-electron chi connectivity index (χ4n) is 2.67. The Labute approximate surface area is 124 Å². The van der Waals surface area contributed by atoms with Crippen LogP contribution in [0.1, 0.15) is 29.8 Å². The Hall–Kier alpha value is -2.11. The average molecular weight is 291 g/mol. The lowest BCUT2D eigenvalue weighted by molar-refractivity contribution is -0.144. The molecule has 114 valence electrons.